The summed E-state index contributed by atoms with van der Waals surface area (Å²) in [6.45, 7) is 4.74. The summed E-state index contributed by atoms with van der Waals surface area (Å²) in [7, 11) is 1.73. The zero-order valence-electron chi connectivity index (χ0n) is 12.3. The number of hydrogen-bond donors (Lipinski definition) is 1. The Morgan fingerprint density at radius 3 is 2.80 bits per heavy atom. The van der Waals surface area contributed by atoms with Crippen LogP contribution in [0.25, 0.3) is 0 Å². The number of ether oxygens (including phenoxy) is 1. The Morgan fingerprint density at radius 1 is 1.25 bits per heavy atom. The van der Waals surface area contributed by atoms with E-state index >= 15 is 0 Å². The average Bonchev–Trinajstić information content (AvgIpc) is 2.96. The molecule has 2 aromatic rings. The van der Waals surface area contributed by atoms with Crippen LogP contribution in [0, 0.1) is 6.92 Å². The normalized spacial score (nSPS) is 12.5. The van der Waals surface area contributed by atoms with Gasteiger partial charge in [-0.05, 0) is 36.1 Å². The molecule has 108 valence electrons. The summed E-state index contributed by atoms with van der Waals surface area (Å²) in [6.07, 6.45) is 4.56. The van der Waals surface area contributed by atoms with Gasteiger partial charge in [0.15, 0.2) is 0 Å². The van der Waals surface area contributed by atoms with Crippen LogP contribution in [0.3, 0.4) is 0 Å². The zero-order valence-corrected chi connectivity index (χ0v) is 12.3. The maximum Gasteiger partial charge on any atom is 0.0934 e. The van der Waals surface area contributed by atoms with Crippen molar-refractivity contribution in [1.29, 1.82) is 0 Å². The number of nitrogens with one attached hydrogen (secondary N) is 1. The minimum atomic E-state index is 0.450. The van der Waals surface area contributed by atoms with Gasteiger partial charge in [-0.2, -0.15) is 0 Å². The average molecular weight is 273 g/mol. The van der Waals surface area contributed by atoms with Crippen LogP contribution in [0.1, 0.15) is 22.6 Å². The van der Waals surface area contributed by atoms with Crippen molar-refractivity contribution in [1.82, 2.24) is 5.32 Å². The Labute approximate surface area is 121 Å². The zero-order chi connectivity index (χ0) is 14.2. The summed E-state index contributed by atoms with van der Waals surface area (Å²) >= 11 is 0. The first-order valence-electron chi connectivity index (χ1n) is 7.07. The highest BCUT2D eigenvalue weighted by molar-refractivity contribution is 5.31. The quantitative estimate of drug-likeness (QED) is 0.750. The molecule has 0 saturated heterocycles. The smallest absolute Gasteiger partial charge is 0.0934 e. The molecule has 1 aromatic heterocycles. The van der Waals surface area contributed by atoms with E-state index in [0.717, 1.165) is 26.1 Å². The topological polar surface area (TPSA) is 34.4 Å². The van der Waals surface area contributed by atoms with Gasteiger partial charge < -0.3 is 14.5 Å². The van der Waals surface area contributed by atoms with Gasteiger partial charge in [0.1, 0.15) is 0 Å². The van der Waals surface area contributed by atoms with E-state index in [2.05, 4.69) is 36.5 Å². The summed E-state index contributed by atoms with van der Waals surface area (Å²) in [4.78, 5) is 0. The van der Waals surface area contributed by atoms with Crippen LogP contribution in [0.15, 0.2) is 47.3 Å². The first kappa shape index (κ1) is 14.8. The summed E-state index contributed by atoms with van der Waals surface area (Å²) < 4.78 is 10.3. The minimum Gasteiger partial charge on any atom is -0.472 e. The van der Waals surface area contributed by atoms with E-state index < -0.39 is 0 Å². The van der Waals surface area contributed by atoms with Gasteiger partial charge in [0, 0.05) is 26.1 Å². The molecule has 0 bridgehead atoms. The number of rotatable bonds is 8. The standard InChI is InChI=1S/C17H23NO2/c1-14-5-3-4-6-17(14)16(12-18-8-10-19-2)11-15-7-9-20-13-15/h3-7,9,13,16,18H,8,10-12H2,1-2H3. The lowest BCUT2D eigenvalue weighted by Gasteiger charge is -2.19. The monoisotopic (exact) mass is 273 g/mol. The van der Waals surface area contributed by atoms with E-state index in [1.54, 1.807) is 13.4 Å². The first-order valence-corrected chi connectivity index (χ1v) is 7.07. The van der Waals surface area contributed by atoms with E-state index in [1.165, 1.54) is 16.7 Å². The number of hydrogen-bond acceptors (Lipinski definition) is 3. The van der Waals surface area contributed by atoms with E-state index in [1.807, 2.05) is 12.3 Å². The molecular formula is C17H23NO2. The summed E-state index contributed by atoms with van der Waals surface area (Å²) in [5.74, 6) is 0.450. The van der Waals surface area contributed by atoms with E-state index in [4.69, 9.17) is 9.15 Å². The predicted octanol–water partition coefficient (Wildman–Crippen LogP) is 3.15. The van der Waals surface area contributed by atoms with Crippen molar-refractivity contribution >= 4 is 0 Å². The highest BCUT2D eigenvalue weighted by Crippen LogP contribution is 2.23. The molecule has 1 aromatic carbocycles. The van der Waals surface area contributed by atoms with Gasteiger partial charge in [-0.15, -0.1) is 0 Å². The summed E-state index contributed by atoms with van der Waals surface area (Å²) in [6, 6.07) is 10.6. The molecule has 2 rings (SSSR count). The van der Waals surface area contributed by atoms with Crippen LogP contribution >= 0.6 is 0 Å². The van der Waals surface area contributed by atoms with Crippen LogP contribution < -0.4 is 5.32 Å². The van der Waals surface area contributed by atoms with Gasteiger partial charge in [0.25, 0.3) is 0 Å². The Hall–Kier alpha value is -1.58. The second kappa shape index (κ2) is 7.88. The molecule has 0 spiro atoms. The lowest BCUT2D eigenvalue weighted by Crippen LogP contribution is -2.26. The molecular weight excluding hydrogens is 250 g/mol. The van der Waals surface area contributed by atoms with Gasteiger partial charge in [-0.3, -0.25) is 0 Å². The fraction of sp³-hybridized carbons (Fsp3) is 0.412. The summed E-state index contributed by atoms with van der Waals surface area (Å²) in [5, 5.41) is 3.47. The van der Waals surface area contributed by atoms with Gasteiger partial charge in [-0.1, -0.05) is 24.3 Å². The van der Waals surface area contributed by atoms with Crippen LogP contribution in [0.2, 0.25) is 0 Å². The third kappa shape index (κ3) is 4.22. The van der Waals surface area contributed by atoms with Gasteiger partial charge in [0.2, 0.25) is 0 Å². The molecule has 1 atom stereocenters. The maximum atomic E-state index is 5.18. The van der Waals surface area contributed by atoms with Crippen LogP contribution in [-0.2, 0) is 11.2 Å². The molecule has 0 aliphatic rings. The van der Waals surface area contributed by atoms with Crippen molar-refractivity contribution in [3.8, 4) is 0 Å². The third-order valence-corrected chi connectivity index (χ3v) is 3.56. The van der Waals surface area contributed by atoms with Crippen molar-refractivity contribution in [2.45, 2.75) is 19.3 Å². The number of methoxy groups -OCH3 is 1. The molecule has 0 amide bonds. The van der Waals surface area contributed by atoms with E-state index in [0.29, 0.717) is 5.92 Å². The molecule has 1 heterocycles. The molecule has 3 nitrogen and oxygen atoms in total. The van der Waals surface area contributed by atoms with Crippen molar-refractivity contribution in [3.05, 3.63) is 59.5 Å². The fourth-order valence-corrected chi connectivity index (χ4v) is 2.48. The molecule has 1 unspecified atom stereocenters. The first-order chi connectivity index (χ1) is 9.81. The largest absolute Gasteiger partial charge is 0.472 e. The maximum absolute atomic E-state index is 5.18. The lowest BCUT2D eigenvalue weighted by atomic mass is 9.90. The Morgan fingerprint density at radius 2 is 2.10 bits per heavy atom. The van der Waals surface area contributed by atoms with Crippen LogP contribution in [0.5, 0.6) is 0 Å². The predicted molar refractivity (Wildman–Crippen MR) is 81.1 cm³/mol. The third-order valence-electron chi connectivity index (χ3n) is 3.56. The Bertz CT molecular complexity index is 493. The van der Waals surface area contributed by atoms with Crippen LogP contribution in [-0.4, -0.2) is 26.8 Å². The SMILES string of the molecule is COCCNCC(Cc1ccoc1)c1ccccc1C. The molecule has 0 radical (unpaired) electrons. The van der Waals surface area contributed by atoms with Gasteiger partial charge in [-0.25, -0.2) is 0 Å². The highest BCUT2D eigenvalue weighted by Gasteiger charge is 2.14. The molecule has 0 fully saturated rings. The fourth-order valence-electron chi connectivity index (χ4n) is 2.48. The van der Waals surface area contributed by atoms with Gasteiger partial charge >= 0.3 is 0 Å². The van der Waals surface area contributed by atoms with E-state index in [-0.39, 0.29) is 0 Å². The van der Waals surface area contributed by atoms with Crippen molar-refractivity contribution in [2.75, 3.05) is 26.8 Å². The molecule has 0 saturated carbocycles. The Kier molecular flexibility index (Phi) is 5.84. The lowest BCUT2D eigenvalue weighted by molar-refractivity contribution is 0.199. The Balaban J connectivity index is 2.05. The van der Waals surface area contributed by atoms with Crippen LogP contribution in [0.4, 0.5) is 0 Å². The molecule has 3 heteroatoms. The van der Waals surface area contributed by atoms with Crippen molar-refractivity contribution in [3.63, 3.8) is 0 Å². The molecule has 0 aliphatic heterocycles. The van der Waals surface area contributed by atoms with Gasteiger partial charge in [0.05, 0.1) is 19.1 Å². The second-order valence-corrected chi connectivity index (χ2v) is 5.09. The minimum absolute atomic E-state index is 0.450. The molecule has 0 aliphatic carbocycles. The molecule has 1 N–H and O–H groups in total. The number of aryl methyl sites for hydroxylation is 1. The van der Waals surface area contributed by atoms with Crippen molar-refractivity contribution in [2.24, 2.45) is 0 Å². The highest BCUT2D eigenvalue weighted by atomic mass is 16.5. The number of furan rings is 1. The number of benzene rings is 1. The summed E-state index contributed by atoms with van der Waals surface area (Å²) in [5.41, 5.74) is 3.99. The van der Waals surface area contributed by atoms with E-state index in [9.17, 15) is 0 Å². The second-order valence-electron chi connectivity index (χ2n) is 5.09. The van der Waals surface area contributed by atoms with Crippen molar-refractivity contribution < 1.29 is 9.15 Å². The molecule has 20 heavy (non-hydrogen) atoms.